The fourth-order valence-corrected chi connectivity index (χ4v) is 2.26. The van der Waals surface area contributed by atoms with Gasteiger partial charge in [0.25, 0.3) is 0 Å². The van der Waals surface area contributed by atoms with E-state index in [9.17, 15) is 4.39 Å². The Hall–Kier alpha value is -1.45. The van der Waals surface area contributed by atoms with Gasteiger partial charge in [-0.1, -0.05) is 23.7 Å². The van der Waals surface area contributed by atoms with Gasteiger partial charge in [0.05, 0.1) is 5.02 Å². The lowest BCUT2D eigenvalue weighted by Gasteiger charge is -2.18. The zero-order valence-electron chi connectivity index (χ0n) is 11.0. The third-order valence-corrected chi connectivity index (χ3v) is 3.55. The van der Waals surface area contributed by atoms with Gasteiger partial charge in [0.1, 0.15) is 5.82 Å². The Labute approximate surface area is 117 Å². The number of nitrogens with one attached hydrogen (secondary N) is 1. The van der Waals surface area contributed by atoms with E-state index in [1.165, 1.54) is 6.07 Å². The number of aromatic nitrogens is 1. The molecule has 100 valence electrons. The number of aryl methyl sites for hydroxylation is 1. The van der Waals surface area contributed by atoms with Crippen molar-refractivity contribution in [1.29, 1.82) is 0 Å². The highest BCUT2D eigenvalue weighted by Crippen LogP contribution is 2.23. The summed E-state index contributed by atoms with van der Waals surface area (Å²) < 4.78 is 13.3. The molecule has 0 bridgehead atoms. The van der Waals surface area contributed by atoms with Crippen molar-refractivity contribution < 1.29 is 4.39 Å². The van der Waals surface area contributed by atoms with Crippen LogP contribution in [0.25, 0.3) is 0 Å². The van der Waals surface area contributed by atoms with Crippen molar-refractivity contribution in [3.63, 3.8) is 0 Å². The van der Waals surface area contributed by atoms with Crippen LogP contribution in [0.5, 0.6) is 0 Å². The largest absolute Gasteiger partial charge is 0.313 e. The summed E-state index contributed by atoms with van der Waals surface area (Å²) >= 11 is 6.12. The molecule has 0 fully saturated rings. The molecule has 19 heavy (non-hydrogen) atoms. The third-order valence-electron chi connectivity index (χ3n) is 3.21. The molecule has 2 rings (SSSR count). The minimum Gasteiger partial charge on any atom is -0.313 e. The number of hydrogen-bond donors (Lipinski definition) is 1. The average molecular weight is 279 g/mol. The van der Waals surface area contributed by atoms with Gasteiger partial charge in [-0.3, -0.25) is 4.98 Å². The Morgan fingerprint density at radius 2 is 2.16 bits per heavy atom. The maximum Gasteiger partial charge on any atom is 0.126 e. The Morgan fingerprint density at radius 3 is 2.79 bits per heavy atom. The highest BCUT2D eigenvalue weighted by atomic mass is 35.5. The molecule has 0 aliphatic heterocycles. The van der Waals surface area contributed by atoms with E-state index in [0.29, 0.717) is 10.6 Å². The Bertz CT molecular complexity index is 572. The predicted octanol–water partition coefficient (Wildman–Crippen LogP) is 3.69. The summed E-state index contributed by atoms with van der Waals surface area (Å²) in [6, 6.07) is 7.18. The van der Waals surface area contributed by atoms with Crippen molar-refractivity contribution in [1.82, 2.24) is 10.3 Å². The Balaban J connectivity index is 2.25. The summed E-state index contributed by atoms with van der Waals surface area (Å²) in [5.74, 6) is -0.180. The monoisotopic (exact) mass is 278 g/mol. The second-order valence-corrected chi connectivity index (χ2v) is 4.93. The lowest BCUT2D eigenvalue weighted by molar-refractivity contribution is 0.583. The molecule has 4 heteroatoms. The molecule has 1 unspecified atom stereocenters. The van der Waals surface area contributed by atoms with Crippen LogP contribution in [-0.4, -0.2) is 12.0 Å². The second kappa shape index (κ2) is 6.13. The van der Waals surface area contributed by atoms with E-state index >= 15 is 0 Å². The van der Waals surface area contributed by atoms with Gasteiger partial charge in [-0.05, 0) is 49.2 Å². The van der Waals surface area contributed by atoms with E-state index in [2.05, 4.69) is 10.3 Å². The first-order valence-corrected chi connectivity index (χ1v) is 6.51. The second-order valence-electron chi connectivity index (χ2n) is 4.52. The molecule has 1 aromatic carbocycles. The average Bonchev–Trinajstić information content (AvgIpc) is 2.41. The van der Waals surface area contributed by atoms with E-state index < -0.39 is 0 Å². The van der Waals surface area contributed by atoms with Crippen molar-refractivity contribution in [3.8, 4) is 0 Å². The van der Waals surface area contributed by atoms with E-state index in [-0.39, 0.29) is 11.9 Å². The zero-order valence-corrected chi connectivity index (χ0v) is 11.7. The number of benzene rings is 1. The third kappa shape index (κ3) is 3.31. The minimum atomic E-state index is -0.180. The molecule has 0 saturated heterocycles. The molecule has 1 atom stereocenters. The normalized spacial score (nSPS) is 12.4. The molecule has 0 aliphatic rings. The van der Waals surface area contributed by atoms with Gasteiger partial charge in [0.2, 0.25) is 0 Å². The van der Waals surface area contributed by atoms with E-state index in [1.54, 1.807) is 25.4 Å². The number of nitrogens with zero attached hydrogens (tertiary/aromatic N) is 1. The maximum atomic E-state index is 13.3. The molecule has 0 radical (unpaired) electrons. The van der Waals surface area contributed by atoms with Crippen LogP contribution >= 0.6 is 11.6 Å². The molecule has 1 N–H and O–H groups in total. The van der Waals surface area contributed by atoms with Gasteiger partial charge in [0.15, 0.2) is 0 Å². The van der Waals surface area contributed by atoms with Crippen molar-refractivity contribution in [2.45, 2.75) is 19.4 Å². The first-order valence-electron chi connectivity index (χ1n) is 6.13. The smallest absolute Gasteiger partial charge is 0.126 e. The molecule has 2 nitrogen and oxygen atoms in total. The van der Waals surface area contributed by atoms with E-state index in [1.807, 2.05) is 19.2 Å². The molecule has 0 saturated carbocycles. The summed E-state index contributed by atoms with van der Waals surface area (Å²) in [7, 11) is 1.89. The minimum absolute atomic E-state index is 0.0965. The van der Waals surface area contributed by atoms with E-state index in [4.69, 9.17) is 11.6 Å². The van der Waals surface area contributed by atoms with Crippen LogP contribution < -0.4 is 5.32 Å². The molecule has 0 amide bonds. The first kappa shape index (κ1) is 14.0. The van der Waals surface area contributed by atoms with Crippen LogP contribution in [0.3, 0.4) is 0 Å². The highest BCUT2D eigenvalue weighted by Gasteiger charge is 2.13. The number of hydrogen-bond acceptors (Lipinski definition) is 2. The van der Waals surface area contributed by atoms with Gasteiger partial charge in [0, 0.05) is 18.4 Å². The van der Waals surface area contributed by atoms with Crippen LogP contribution in [0.1, 0.15) is 22.7 Å². The highest BCUT2D eigenvalue weighted by molar-refractivity contribution is 6.31. The fraction of sp³-hybridized carbons (Fsp3) is 0.267. The van der Waals surface area contributed by atoms with Gasteiger partial charge in [-0.25, -0.2) is 4.39 Å². The molecular formula is C15H16ClFN2. The Morgan fingerprint density at radius 1 is 1.37 bits per heavy atom. The Kier molecular flexibility index (Phi) is 4.51. The van der Waals surface area contributed by atoms with Crippen molar-refractivity contribution in [2.75, 3.05) is 7.05 Å². The first-order chi connectivity index (χ1) is 9.11. The summed E-state index contributed by atoms with van der Waals surface area (Å²) in [4.78, 5) is 3.97. The van der Waals surface area contributed by atoms with Crippen LogP contribution in [0.2, 0.25) is 5.02 Å². The van der Waals surface area contributed by atoms with Gasteiger partial charge in [-0.2, -0.15) is 0 Å². The van der Waals surface area contributed by atoms with Crippen LogP contribution in [-0.2, 0) is 6.42 Å². The zero-order chi connectivity index (χ0) is 13.8. The lowest BCUT2D eigenvalue weighted by Crippen LogP contribution is -2.19. The van der Waals surface area contributed by atoms with Crippen molar-refractivity contribution in [3.05, 3.63) is 64.2 Å². The predicted molar refractivity (Wildman–Crippen MR) is 75.9 cm³/mol. The van der Waals surface area contributed by atoms with Crippen molar-refractivity contribution >= 4 is 11.6 Å². The van der Waals surface area contributed by atoms with Crippen molar-refractivity contribution in [2.24, 2.45) is 0 Å². The van der Waals surface area contributed by atoms with Crippen LogP contribution in [0.15, 0.2) is 36.7 Å². The quantitative estimate of drug-likeness (QED) is 0.923. The summed E-state index contributed by atoms with van der Waals surface area (Å²) in [6.07, 6.45) is 4.10. The van der Waals surface area contributed by atoms with Crippen LogP contribution in [0, 0.1) is 12.7 Å². The molecule has 1 aromatic heterocycles. The molecular weight excluding hydrogens is 263 g/mol. The summed E-state index contributed by atoms with van der Waals surface area (Å²) in [6.45, 7) is 1.77. The number of halogens is 2. The molecule has 2 aromatic rings. The standard InChI is InChI=1S/C15H16ClFN2/c1-10-7-12(3-4-14(10)17)15(18-2)8-11-5-6-19-9-13(11)16/h3-7,9,15,18H,8H2,1-2H3. The summed E-state index contributed by atoms with van der Waals surface area (Å²) in [5, 5.41) is 3.89. The molecule has 0 aliphatic carbocycles. The number of likely N-dealkylation sites (N-methyl/N-ethyl adjacent to an activating group) is 1. The van der Waals surface area contributed by atoms with Gasteiger partial charge < -0.3 is 5.32 Å². The topological polar surface area (TPSA) is 24.9 Å². The molecule has 0 spiro atoms. The van der Waals surface area contributed by atoms with Crippen LogP contribution in [0.4, 0.5) is 4.39 Å². The van der Waals surface area contributed by atoms with Gasteiger partial charge in [-0.15, -0.1) is 0 Å². The maximum absolute atomic E-state index is 13.3. The van der Waals surface area contributed by atoms with Gasteiger partial charge >= 0.3 is 0 Å². The number of rotatable bonds is 4. The fourth-order valence-electron chi connectivity index (χ4n) is 2.06. The molecule has 1 heterocycles. The number of pyridine rings is 1. The van der Waals surface area contributed by atoms with E-state index in [0.717, 1.165) is 17.5 Å². The lowest BCUT2D eigenvalue weighted by atomic mass is 9.98. The SMILES string of the molecule is CNC(Cc1ccncc1Cl)c1ccc(F)c(C)c1. The summed E-state index contributed by atoms with van der Waals surface area (Å²) in [5.41, 5.74) is 2.73.